The Morgan fingerprint density at radius 3 is 2.74 bits per heavy atom. The van der Waals surface area contributed by atoms with Gasteiger partial charge in [0.2, 0.25) is 5.91 Å². The van der Waals surface area contributed by atoms with Crippen molar-refractivity contribution in [3.63, 3.8) is 0 Å². The van der Waals surface area contributed by atoms with Crippen LogP contribution in [0.1, 0.15) is 21.8 Å². The zero-order valence-electron chi connectivity index (χ0n) is 9.46. The van der Waals surface area contributed by atoms with Crippen molar-refractivity contribution in [2.24, 2.45) is 0 Å². The Hall–Kier alpha value is -2.75. The van der Waals surface area contributed by atoms with E-state index in [1.165, 1.54) is 0 Å². The molecule has 1 aromatic carbocycles. The van der Waals surface area contributed by atoms with Gasteiger partial charge in [-0.3, -0.25) is 19.3 Å². The first-order valence-electron chi connectivity index (χ1n) is 5.22. The van der Waals surface area contributed by atoms with E-state index in [4.69, 9.17) is 10.4 Å². The smallest absolute Gasteiger partial charge is 0.320 e. The van der Waals surface area contributed by atoms with Gasteiger partial charge in [-0.1, -0.05) is 0 Å². The largest absolute Gasteiger partial charge is 0.480 e. The highest BCUT2D eigenvalue weighted by Crippen LogP contribution is 2.30. The van der Waals surface area contributed by atoms with Crippen molar-refractivity contribution >= 4 is 17.8 Å². The first-order chi connectivity index (χ1) is 8.97. The number of imide groups is 1. The molecule has 2 rings (SSSR count). The van der Waals surface area contributed by atoms with Crippen molar-refractivity contribution in [1.29, 1.82) is 5.26 Å². The quantitative estimate of drug-likeness (QED) is 0.475. The van der Waals surface area contributed by atoms with Crippen molar-refractivity contribution in [1.82, 2.24) is 4.90 Å². The van der Waals surface area contributed by atoms with Crippen molar-refractivity contribution in [2.75, 3.05) is 6.54 Å². The minimum atomic E-state index is -1.67. The topological polar surface area (TPSA) is 98.5 Å². The van der Waals surface area contributed by atoms with Crippen LogP contribution in [0.25, 0.3) is 0 Å². The van der Waals surface area contributed by atoms with Gasteiger partial charge in [0.1, 0.15) is 12.4 Å². The Bertz CT molecular complexity index is 635. The molecular formula is C12H7FN2O4. The highest BCUT2D eigenvalue weighted by molar-refractivity contribution is 6.17. The lowest BCUT2D eigenvalue weighted by atomic mass is 9.88. The van der Waals surface area contributed by atoms with Gasteiger partial charge in [-0.2, -0.15) is 5.26 Å². The summed E-state index contributed by atoms with van der Waals surface area (Å²) in [6.07, 6.45) is 0. The van der Waals surface area contributed by atoms with Crippen molar-refractivity contribution in [3.05, 3.63) is 35.1 Å². The fourth-order valence-electron chi connectivity index (χ4n) is 1.96. The second-order valence-corrected chi connectivity index (χ2v) is 3.89. The van der Waals surface area contributed by atoms with E-state index in [-0.39, 0.29) is 11.1 Å². The molecule has 1 aliphatic rings. The first-order valence-corrected chi connectivity index (χ1v) is 5.22. The summed E-state index contributed by atoms with van der Waals surface area (Å²) in [7, 11) is 0. The van der Waals surface area contributed by atoms with Crippen LogP contribution in [0, 0.1) is 17.1 Å². The number of carbonyl (C=O) groups is 3. The predicted molar refractivity (Wildman–Crippen MR) is 58.4 cm³/mol. The lowest BCUT2D eigenvalue weighted by Crippen LogP contribution is -2.47. The number of carboxylic acid groups (broad SMARTS) is 1. The van der Waals surface area contributed by atoms with E-state index in [2.05, 4.69) is 0 Å². The number of aliphatic carboxylic acids is 1. The number of amides is 2. The van der Waals surface area contributed by atoms with Crippen LogP contribution in [-0.2, 0) is 9.59 Å². The SMILES string of the molecule is N#CCN1C(=O)c2ccc(F)cc2C(C(=O)O)C1=O. The summed E-state index contributed by atoms with van der Waals surface area (Å²) in [6, 6.07) is 4.58. The lowest BCUT2D eigenvalue weighted by molar-refractivity contribution is -0.146. The van der Waals surface area contributed by atoms with E-state index in [1.54, 1.807) is 6.07 Å². The van der Waals surface area contributed by atoms with Gasteiger partial charge in [-0.05, 0) is 23.8 Å². The molecule has 6 nitrogen and oxygen atoms in total. The minimum absolute atomic E-state index is 0.0800. The number of nitriles is 1. The maximum Gasteiger partial charge on any atom is 0.320 e. The lowest BCUT2D eigenvalue weighted by Gasteiger charge is -2.28. The number of rotatable bonds is 2. The van der Waals surface area contributed by atoms with Crippen molar-refractivity contribution < 1.29 is 23.9 Å². The van der Waals surface area contributed by atoms with E-state index in [0.717, 1.165) is 18.2 Å². The second kappa shape index (κ2) is 4.49. The molecule has 0 spiro atoms. The molecule has 96 valence electrons. The van der Waals surface area contributed by atoms with Gasteiger partial charge >= 0.3 is 5.97 Å². The summed E-state index contributed by atoms with van der Waals surface area (Å²) >= 11 is 0. The van der Waals surface area contributed by atoms with Gasteiger partial charge in [-0.25, -0.2) is 4.39 Å². The summed E-state index contributed by atoms with van der Waals surface area (Å²) in [6.45, 7) is -0.543. The monoisotopic (exact) mass is 262 g/mol. The molecule has 1 unspecified atom stereocenters. The average molecular weight is 262 g/mol. The normalized spacial score (nSPS) is 17.9. The molecule has 1 aliphatic heterocycles. The molecule has 7 heteroatoms. The van der Waals surface area contributed by atoms with Crippen LogP contribution in [0.4, 0.5) is 4.39 Å². The number of hydrogen-bond acceptors (Lipinski definition) is 4. The van der Waals surface area contributed by atoms with E-state index in [9.17, 15) is 18.8 Å². The molecule has 1 atom stereocenters. The second-order valence-electron chi connectivity index (χ2n) is 3.89. The molecule has 1 N–H and O–H groups in total. The van der Waals surface area contributed by atoms with E-state index in [0.29, 0.717) is 4.90 Å². The van der Waals surface area contributed by atoms with Crippen LogP contribution in [0.2, 0.25) is 0 Å². The zero-order valence-corrected chi connectivity index (χ0v) is 9.46. The number of carboxylic acids is 1. The molecular weight excluding hydrogens is 255 g/mol. The molecule has 0 saturated heterocycles. The molecule has 1 heterocycles. The summed E-state index contributed by atoms with van der Waals surface area (Å²) in [5.74, 6) is -5.72. The Morgan fingerprint density at radius 2 is 2.16 bits per heavy atom. The van der Waals surface area contributed by atoms with Crippen LogP contribution < -0.4 is 0 Å². The highest BCUT2D eigenvalue weighted by Gasteiger charge is 2.42. The average Bonchev–Trinajstić information content (AvgIpc) is 2.34. The number of carbonyl (C=O) groups excluding carboxylic acids is 2. The van der Waals surface area contributed by atoms with Crippen LogP contribution in [-0.4, -0.2) is 34.3 Å². The van der Waals surface area contributed by atoms with Crippen molar-refractivity contribution in [3.8, 4) is 6.07 Å². The summed E-state index contributed by atoms with van der Waals surface area (Å²) < 4.78 is 13.1. The third kappa shape index (κ3) is 1.93. The van der Waals surface area contributed by atoms with Gasteiger partial charge in [-0.15, -0.1) is 0 Å². The molecule has 0 radical (unpaired) electrons. The van der Waals surface area contributed by atoms with Crippen LogP contribution in [0.5, 0.6) is 0 Å². The van der Waals surface area contributed by atoms with Crippen LogP contribution in [0.15, 0.2) is 18.2 Å². The van der Waals surface area contributed by atoms with Gasteiger partial charge in [0.15, 0.2) is 5.92 Å². The Morgan fingerprint density at radius 1 is 1.47 bits per heavy atom. The minimum Gasteiger partial charge on any atom is -0.480 e. The fourth-order valence-corrected chi connectivity index (χ4v) is 1.96. The molecule has 19 heavy (non-hydrogen) atoms. The molecule has 0 fully saturated rings. The van der Waals surface area contributed by atoms with E-state index >= 15 is 0 Å². The Labute approximate surface area is 106 Å². The molecule has 2 amide bonds. The van der Waals surface area contributed by atoms with E-state index < -0.39 is 36.1 Å². The number of nitrogens with zero attached hydrogens (tertiary/aromatic N) is 2. The number of halogens is 1. The van der Waals surface area contributed by atoms with Gasteiger partial charge in [0.25, 0.3) is 5.91 Å². The maximum absolute atomic E-state index is 13.1. The van der Waals surface area contributed by atoms with E-state index in [1.807, 2.05) is 0 Å². The Balaban J connectivity index is 2.64. The highest BCUT2D eigenvalue weighted by atomic mass is 19.1. The molecule has 0 aromatic heterocycles. The standard InChI is InChI=1S/C12H7FN2O4/c13-6-1-2-7-8(5-6)9(12(18)19)11(17)15(4-3-14)10(7)16/h1-2,5,9H,4H2,(H,18,19). The van der Waals surface area contributed by atoms with Crippen LogP contribution >= 0.6 is 0 Å². The summed E-state index contributed by atoms with van der Waals surface area (Å²) in [5, 5.41) is 17.6. The predicted octanol–water partition coefficient (Wildman–Crippen LogP) is 0.500. The van der Waals surface area contributed by atoms with Crippen molar-refractivity contribution in [2.45, 2.75) is 5.92 Å². The molecule has 0 bridgehead atoms. The molecule has 0 saturated carbocycles. The summed E-state index contributed by atoms with van der Waals surface area (Å²) in [4.78, 5) is 35.5. The van der Waals surface area contributed by atoms with Gasteiger partial charge < -0.3 is 5.11 Å². The van der Waals surface area contributed by atoms with Crippen LogP contribution in [0.3, 0.4) is 0 Å². The number of benzene rings is 1. The zero-order chi connectivity index (χ0) is 14.2. The third-order valence-electron chi connectivity index (χ3n) is 2.79. The third-order valence-corrected chi connectivity index (χ3v) is 2.79. The fraction of sp³-hybridized carbons (Fsp3) is 0.167. The molecule has 0 aliphatic carbocycles. The maximum atomic E-state index is 13.1. The number of hydrogen-bond donors (Lipinski definition) is 1. The Kier molecular flexibility index (Phi) is 3.00. The first kappa shape index (κ1) is 12.7. The number of fused-ring (bicyclic) bond motifs is 1. The molecule has 1 aromatic rings. The summed E-state index contributed by atoms with van der Waals surface area (Å²) in [5.41, 5.74) is -0.264. The van der Waals surface area contributed by atoms with Gasteiger partial charge in [0, 0.05) is 5.56 Å². The van der Waals surface area contributed by atoms with Gasteiger partial charge in [0.05, 0.1) is 6.07 Å².